The van der Waals surface area contributed by atoms with Crippen LogP contribution in [0.1, 0.15) is 57.3 Å². The van der Waals surface area contributed by atoms with E-state index in [0.29, 0.717) is 36.6 Å². The summed E-state index contributed by atoms with van der Waals surface area (Å²) in [5.74, 6) is 0.495. The van der Waals surface area contributed by atoms with Crippen LogP contribution in [0, 0.1) is 13.8 Å². The van der Waals surface area contributed by atoms with E-state index in [1.807, 2.05) is 28.0 Å². The van der Waals surface area contributed by atoms with Crippen molar-refractivity contribution in [1.29, 1.82) is 0 Å². The zero-order valence-corrected chi connectivity index (χ0v) is 21.8. The van der Waals surface area contributed by atoms with Gasteiger partial charge in [0.25, 0.3) is 11.8 Å². The molecule has 0 bridgehead atoms. The third-order valence-electron chi connectivity index (χ3n) is 7.64. The molecule has 196 valence electrons. The third kappa shape index (κ3) is 4.51. The molecule has 0 aliphatic carbocycles. The molecule has 10 nitrogen and oxygen atoms in total. The van der Waals surface area contributed by atoms with Crippen molar-refractivity contribution in [2.24, 2.45) is 0 Å². The van der Waals surface area contributed by atoms with E-state index in [0.717, 1.165) is 46.7 Å². The van der Waals surface area contributed by atoms with Crippen molar-refractivity contribution < 1.29 is 9.59 Å². The molecular formula is C28H32N8O2. The molecule has 3 aliphatic heterocycles. The van der Waals surface area contributed by atoms with E-state index in [1.165, 1.54) is 0 Å². The van der Waals surface area contributed by atoms with E-state index < -0.39 is 0 Å². The monoisotopic (exact) mass is 512 g/mol. The molecule has 1 aromatic heterocycles. The molecule has 0 saturated carbocycles. The Kier molecular flexibility index (Phi) is 6.11. The summed E-state index contributed by atoms with van der Waals surface area (Å²) < 4.78 is 0. The average molecular weight is 513 g/mol. The van der Waals surface area contributed by atoms with Crippen molar-refractivity contribution in [3.8, 4) is 0 Å². The summed E-state index contributed by atoms with van der Waals surface area (Å²) in [6.07, 6.45) is 3.82. The molecule has 2 amide bonds. The standard InChI is InChI=1S/C28H32N8O2/c1-16-10-17(2)12-20(11-16)30-28-29-15-22-23(31-28)7-9-36(27(22)38)21-6-8-35(18(3)13-21)26(37)19-4-5-24-25(14-19)33-34-32-24/h4-5,10-12,14-15,18,21,32-34H,6-9,13H2,1-3H3,(H,29,30,31)/t18-,21-/m1/s1. The fourth-order valence-corrected chi connectivity index (χ4v) is 5.81. The first-order chi connectivity index (χ1) is 18.4. The van der Waals surface area contributed by atoms with Gasteiger partial charge in [0, 0.05) is 49.0 Å². The largest absolute Gasteiger partial charge is 0.336 e. The number of fused-ring (bicyclic) bond motifs is 2. The number of hydrogen-bond donors (Lipinski definition) is 4. The van der Waals surface area contributed by atoms with Crippen molar-refractivity contribution in [2.75, 3.05) is 29.3 Å². The van der Waals surface area contributed by atoms with Crippen molar-refractivity contribution in [2.45, 2.75) is 52.1 Å². The average Bonchev–Trinajstić information content (AvgIpc) is 3.36. The molecule has 3 aliphatic rings. The molecule has 38 heavy (non-hydrogen) atoms. The zero-order valence-electron chi connectivity index (χ0n) is 21.8. The Labute approximate surface area is 221 Å². The Balaban J connectivity index is 1.12. The Hall–Kier alpha value is -4.18. The summed E-state index contributed by atoms with van der Waals surface area (Å²) in [4.78, 5) is 39.7. The van der Waals surface area contributed by atoms with Crippen LogP contribution in [0.4, 0.5) is 23.0 Å². The Bertz CT molecular complexity index is 1400. The molecule has 4 heterocycles. The maximum Gasteiger partial charge on any atom is 0.257 e. The summed E-state index contributed by atoms with van der Waals surface area (Å²) >= 11 is 0. The fourth-order valence-electron chi connectivity index (χ4n) is 5.81. The van der Waals surface area contributed by atoms with Gasteiger partial charge < -0.3 is 26.0 Å². The molecule has 0 radical (unpaired) electrons. The minimum absolute atomic E-state index is 0.0139. The van der Waals surface area contributed by atoms with E-state index in [1.54, 1.807) is 6.20 Å². The first-order valence-electron chi connectivity index (χ1n) is 13.1. The summed E-state index contributed by atoms with van der Waals surface area (Å²) in [7, 11) is 0. The molecule has 4 N–H and O–H groups in total. The lowest BCUT2D eigenvalue weighted by Crippen LogP contribution is -2.54. The van der Waals surface area contributed by atoms with Crippen LogP contribution in [0.25, 0.3) is 0 Å². The zero-order chi connectivity index (χ0) is 26.4. The highest BCUT2D eigenvalue weighted by Gasteiger charge is 2.37. The van der Waals surface area contributed by atoms with Crippen molar-refractivity contribution >= 4 is 34.8 Å². The van der Waals surface area contributed by atoms with Gasteiger partial charge in [-0.3, -0.25) is 9.59 Å². The van der Waals surface area contributed by atoms with Crippen molar-refractivity contribution in [3.63, 3.8) is 0 Å². The maximum absolute atomic E-state index is 13.5. The van der Waals surface area contributed by atoms with Crippen LogP contribution in [0.3, 0.4) is 0 Å². The van der Waals surface area contributed by atoms with Gasteiger partial charge in [-0.2, -0.15) is 0 Å². The van der Waals surface area contributed by atoms with E-state index in [2.05, 4.69) is 70.6 Å². The molecule has 0 unspecified atom stereocenters. The number of piperidine rings is 1. The summed E-state index contributed by atoms with van der Waals surface area (Å²) in [5, 5.41) is 3.28. The van der Waals surface area contributed by atoms with Crippen LogP contribution in [-0.4, -0.2) is 56.8 Å². The molecule has 6 rings (SSSR count). The summed E-state index contributed by atoms with van der Waals surface area (Å²) in [6.45, 7) is 7.40. The van der Waals surface area contributed by atoms with Gasteiger partial charge >= 0.3 is 0 Å². The second-order valence-corrected chi connectivity index (χ2v) is 10.5. The molecule has 10 heteroatoms. The second kappa shape index (κ2) is 9.60. The van der Waals surface area contributed by atoms with Gasteiger partial charge in [0.1, 0.15) is 0 Å². The number of nitrogens with one attached hydrogen (secondary N) is 4. The smallest absolute Gasteiger partial charge is 0.257 e. The number of benzene rings is 2. The first kappa shape index (κ1) is 24.2. The van der Waals surface area contributed by atoms with Crippen LogP contribution in [-0.2, 0) is 6.42 Å². The number of rotatable bonds is 4. The maximum atomic E-state index is 13.5. The second-order valence-electron chi connectivity index (χ2n) is 10.5. The van der Waals surface area contributed by atoms with Gasteiger partial charge in [0.15, 0.2) is 0 Å². The fraction of sp³-hybridized carbons (Fsp3) is 0.357. The predicted molar refractivity (Wildman–Crippen MR) is 146 cm³/mol. The predicted octanol–water partition coefficient (Wildman–Crippen LogP) is 3.79. The number of likely N-dealkylation sites (tertiary alicyclic amines) is 1. The Morgan fingerprint density at radius 1 is 1.05 bits per heavy atom. The highest BCUT2D eigenvalue weighted by Crippen LogP contribution is 2.30. The van der Waals surface area contributed by atoms with Crippen molar-refractivity contribution in [3.05, 3.63) is 70.5 Å². The summed E-state index contributed by atoms with van der Waals surface area (Å²) in [6, 6.07) is 11.9. The molecule has 2 atom stereocenters. The van der Waals surface area contributed by atoms with Crippen LogP contribution in [0.5, 0.6) is 0 Å². The number of anilines is 4. The van der Waals surface area contributed by atoms with E-state index >= 15 is 0 Å². The number of carbonyl (C=O) groups is 2. The number of aryl methyl sites for hydroxylation is 2. The highest BCUT2D eigenvalue weighted by molar-refractivity contribution is 5.97. The molecule has 3 aromatic rings. The van der Waals surface area contributed by atoms with Crippen LogP contribution in [0.15, 0.2) is 42.6 Å². The molecule has 2 aromatic carbocycles. The SMILES string of the molecule is Cc1cc(C)cc(Nc2ncc3c(n2)CCN([C@@H]2CCN(C(=O)c4ccc5c(c4)NNN5)[C@H](C)C2)C3=O)c1. The Morgan fingerprint density at radius 3 is 2.63 bits per heavy atom. The number of amides is 2. The van der Waals surface area contributed by atoms with Gasteiger partial charge in [-0.15, -0.1) is 5.53 Å². The van der Waals surface area contributed by atoms with E-state index in [4.69, 9.17) is 0 Å². The number of carbonyl (C=O) groups excluding carboxylic acids is 2. The number of hydrazine groups is 2. The van der Waals surface area contributed by atoms with Gasteiger partial charge in [0.05, 0.1) is 22.6 Å². The molecular weight excluding hydrogens is 480 g/mol. The number of aromatic nitrogens is 2. The molecule has 0 spiro atoms. The van der Waals surface area contributed by atoms with Crippen LogP contribution >= 0.6 is 0 Å². The molecule has 1 fully saturated rings. The van der Waals surface area contributed by atoms with Crippen LogP contribution in [0.2, 0.25) is 0 Å². The normalized spacial score (nSPS) is 20.3. The molecule has 1 saturated heterocycles. The minimum Gasteiger partial charge on any atom is -0.336 e. The summed E-state index contributed by atoms with van der Waals surface area (Å²) in [5.41, 5.74) is 15.9. The van der Waals surface area contributed by atoms with Gasteiger partial charge in [0.2, 0.25) is 5.95 Å². The minimum atomic E-state index is -0.0223. The van der Waals surface area contributed by atoms with Gasteiger partial charge in [-0.1, -0.05) is 6.07 Å². The topological polar surface area (TPSA) is 115 Å². The first-order valence-corrected chi connectivity index (χ1v) is 13.1. The highest BCUT2D eigenvalue weighted by atomic mass is 16.2. The van der Waals surface area contributed by atoms with Gasteiger partial charge in [-0.25, -0.2) is 9.97 Å². The number of nitrogens with zero attached hydrogens (tertiary/aromatic N) is 4. The lowest BCUT2D eigenvalue weighted by molar-refractivity contribution is 0.0398. The lowest BCUT2D eigenvalue weighted by Gasteiger charge is -2.43. The lowest BCUT2D eigenvalue weighted by atomic mass is 9.93. The number of hydrogen-bond acceptors (Lipinski definition) is 8. The van der Waals surface area contributed by atoms with Crippen LogP contribution < -0.4 is 21.7 Å². The van der Waals surface area contributed by atoms with Gasteiger partial charge in [-0.05, 0) is 75.1 Å². The quantitative estimate of drug-likeness (QED) is 0.418. The Morgan fingerprint density at radius 2 is 1.84 bits per heavy atom. The van der Waals surface area contributed by atoms with E-state index in [-0.39, 0.29) is 23.9 Å². The third-order valence-corrected chi connectivity index (χ3v) is 7.64. The van der Waals surface area contributed by atoms with E-state index in [9.17, 15) is 9.59 Å². The van der Waals surface area contributed by atoms with Crippen molar-refractivity contribution in [1.82, 2.24) is 25.3 Å².